The number of hydrogen-bond donors (Lipinski definition) is 1. The molecule has 2 heteroatoms. The second-order valence-electron chi connectivity index (χ2n) is 15.8. The fourth-order valence-electron chi connectivity index (χ4n) is 9.16. The Morgan fingerprint density at radius 2 is 0.780 bits per heavy atom. The lowest BCUT2D eigenvalue weighted by Crippen LogP contribution is -2.42. The first kappa shape index (κ1) is 36.0. The second kappa shape index (κ2) is 15.2. The molecular weight excluding hydrogens is 713 g/mol. The Balaban J connectivity index is 1.33. The van der Waals surface area contributed by atoms with Gasteiger partial charge in [-0.3, -0.25) is 0 Å². The first-order valence-corrected chi connectivity index (χ1v) is 20.4. The van der Waals surface area contributed by atoms with Gasteiger partial charge in [0.1, 0.15) is 0 Å². The Morgan fingerprint density at radius 1 is 0.356 bits per heavy atom. The van der Waals surface area contributed by atoms with Gasteiger partial charge in [-0.1, -0.05) is 176 Å². The van der Waals surface area contributed by atoms with Crippen LogP contribution in [-0.2, 0) is 5.54 Å². The van der Waals surface area contributed by atoms with Gasteiger partial charge in [-0.05, 0) is 124 Å². The highest BCUT2D eigenvalue weighted by Crippen LogP contribution is 2.58. The third-order valence-electron chi connectivity index (χ3n) is 11.7. The van der Waals surface area contributed by atoms with Gasteiger partial charge in [-0.15, -0.1) is 0 Å². The van der Waals surface area contributed by atoms with Gasteiger partial charge in [-0.2, -0.15) is 0 Å². The Bertz CT molecular complexity index is 2890. The van der Waals surface area contributed by atoms with Crippen LogP contribution in [0.15, 0.2) is 224 Å². The third-order valence-corrected chi connectivity index (χ3v) is 11.7. The molecule has 0 saturated carbocycles. The van der Waals surface area contributed by atoms with Gasteiger partial charge in [0.25, 0.3) is 0 Å². The van der Waals surface area contributed by atoms with E-state index in [4.69, 9.17) is 0 Å². The smallest absolute Gasteiger partial charge is 0.0658 e. The maximum absolute atomic E-state index is 3.94. The number of hydrogen-bond acceptors (Lipinski definition) is 2. The molecular formula is C57H44N2. The highest BCUT2D eigenvalue weighted by atomic mass is 15.2. The molecule has 0 atom stereocenters. The number of nitrogens with one attached hydrogen (secondary N) is 1. The molecule has 0 aromatic heterocycles. The normalized spacial score (nSPS) is 12.7. The van der Waals surface area contributed by atoms with Crippen molar-refractivity contribution < 1.29 is 0 Å². The van der Waals surface area contributed by atoms with Crippen LogP contribution in [-0.4, -0.2) is 0 Å². The Hall–Kier alpha value is -7.42. The molecule has 1 aliphatic rings. The van der Waals surface area contributed by atoms with Crippen LogP contribution in [0.3, 0.4) is 0 Å². The Morgan fingerprint density at radius 3 is 1.31 bits per heavy atom. The van der Waals surface area contributed by atoms with E-state index in [1.165, 1.54) is 72.4 Å². The van der Waals surface area contributed by atoms with Crippen LogP contribution in [0.5, 0.6) is 0 Å². The zero-order valence-electron chi connectivity index (χ0n) is 33.3. The summed E-state index contributed by atoms with van der Waals surface area (Å²) >= 11 is 0. The molecule has 10 rings (SSSR count). The van der Waals surface area contributed by atoms with Gasteiger partial charge in [0.2, 0.25) is 0 Å². The average molecular weight is 757 g/mol. The van der Waals surface area contributed by atoms with Crippen molar-refractivity contribution in [2.45, 2.75) is 19.4 Å². The van der Waals surface area contributed by atoms with Crippen LogP contribution in [0, 0.1) is 0 Å². The zero-order chi connectivity index (χ0) is 39.8. The fraction of sp³-hybridized carbons (Fsp3) is 0.0526. The molecule has 2 nitrogen and oxygen atoms in total. The topological polar surface area (TPSA) is 15.3 Å². The lowest BCUT2D eigenvalue weighted by Gasteiger charge is -2.48. The largest absolute Gasteiger partial charge is 0.355 e. The second-order valence-corrected chi connectivity index (χ2v) is 15.8. The van der Waals surface area contributed by atoms with E-state index in [2.05, 4.69) is 249 Å². The zero-order valence-corrected chi connectivity index (χ0v) is 33.3. The number of anilines is 4. The molecule has 9 aromatic rings. The predicted octanol–water partition coefficient (Wildman–Crippen LogP) is 15.8. The van der Waals surface area contributed by atoms with Gasteiger partial charge in [-0.25, -0.2) is 0 Å². The van der Waals surface area contributed by atoms with E-state index in [-0.39, 0.29) is 0 Å². The highest BCUT2D eigenvalue weighted by molar-refractivity contribution is 6.05. The molecule has 0 spiro atoms. The van der Waals surface area contributed by atoms with Crippen LogP contribution >= 0.6 is 0 Å². The van der Waals surface area contributed by atoms with Gasteiger partial charge >= 0.3 is 0 Å². The molecule has 0 unspecified atom stereocenters. The fourth-order valence-corrected chi connectivity index (χ4v) is 9.16. The maximum Gasteiger partial charge on any atom is 0.0658 e. The lowest BCUT2D eigenvalue weighted by atomic mass is 9.73. The van der Waals surface area contributed by atoms with Crippen LogP contribution in [0.1, 0.15) is 19.4 Å². The van der Waals surface area contributed by atoms with Gasteiger partial charge in [0.15, 0.2) is 0 Å². The van der Waals surface area contributed by atoms with Crippen molar-refractivity contribution in [2.24, 2.45) is 0 Å². The minimum atomic E-state index is -0.500. The summed E-state index contributed by atoms with van der Waals surface area (Å²) in [6.45, 7) is 4.79. The first-order valence-electron chi connectivity index (χ1n) is 20.4. The van der Waals surface area contributed by atoms with Gasteiger partial charge in [0, 0.05) is 28.2 Å². The summed E-state index contributed by atoms with van der Waals surface area (Å²) in [7, 11) is 0. The van der Waals surface area contributed by atoms with Crippen LogP contribution < -0.4 is 10.2 Å². The summed E-state index contributed by atoms with van der Waals surface area (Å²) in [5.41, 5.74) is 19.5. The van der Waals surface area contributed by atoms with Gasteiger partial charge < -0.3 is 10.2 Å². The molecule has 59 heavy (non-hydrogen) atoms. The highest BCUT2D eigenvalue weighted by Gasteiger charge is 2.42. The monoisotopic (exact) mass is 756 g/mol. The number of nitrogens with zero attached hydrogens (tertiary/aromatic N) is 1. The van der Waals surface area contributed by atoms with E-state index in [1.54, 1.807) is 0 Å². The lowest BCUT2D eigenvalue weighted by molar-refractivity contribution is 0.533. The maximum atomic E-state index is 3.94. The van der Waals surface area contributed by atoms with Crippen molar-refractivity contribution in [1.29, 1.82) is 0 Å². The van der Waals surface area contributed by atoms with Crippen molar-refractivity contribution in [2.75, 3.05) is 10.2 Å². The van der Waals surface area contributed by atoms with E-state index in [9.17, 15) is 0 Å². The van der Waals surface area contributed by atoms with Crippen molar-refractivity contribution >= 4 is 22.7 Å². The van der Waals surface area contributed by atoms with Crippen LogP contribution in [0.4, 0.5) is 22.7 Å². The Kier molecular flexibility index (Phi) is 9.24. The van der Waals surface area contributed by atoms with Crippen molar-refractivity contribution in [3.8, 4) is 66.8 Å². The Labute approximate surface area is 347 Å². The quantitative estimate of drug-likeness (QED) is 0.166. The van der Waals surface area contributed by atoms with Crippen molar-refractivity contribution in [1.82, 2.24) is 0 Å². The molecule has 9 aromatic carbocycles. The summed E-state index contributed by atoms with van der Waals surface area (Å²) < 4.78 is 0. The number of rotatable bonds is 8. The molecule has 0 bridgehead atoms. The minimum Gasteiger partial charge on any atom is -0.355 e. The summed E-state index contributed by atoms with van der Waals surface area (Å²) in [4.78, 5) is 2.58. The van der Waals surface area contributed by atoms with Crippen LogP contribution in [0.2, 0.25) is 0 Å². The van der Waals surface area contributed by atoms with E-state index in [1.807, 2.05) is 0 Å². The van der Waals surface area contributed by atoms with E-state index in [0.29, 0.717) is 0 Å². The molecule has 1 N–H and O–H groups in total. The first-order chi connectivity index (χ1) is 29.0. The van der Waals surface area contributed by atoms with Gasteiger partial charge in [0.05, 0.1) is 11.2 Å². The third kappa shape index (κ3) is 6.59. The molecule has 0 fully saturated rings. The van der Waals surface area contributed by atoms with E-state index < -0.39 is 5.54 Å². The van der Waals surface area contributed by atoms with Crippen LogP contribution in [0.25, 0.3) is 66.8 Å². The average Bonchev–Trinajstić information content (AvgIpc) is 3.30. The molecule has 282 valence electrons. The van der Waals surface area contributed by atoms with E-state index >= 15 is 0 Å². The number of fused-ring (bicyclic) bond motifs is 3. The predicted molar refractivity (Wildman–Crippen MR) is 250 cm³/mol. The SMILES string of the molecule is CC1(C)c2c(-c3c(Nc4ccccc4)cc(-c4ccccc4)cc3-c3ccccc3)cccc2-c2c(-c3ccccc3)cc(-c3ccccc3)cc2N1c1ccccc1. The molecule has 1 aliphatic heterocycles. The minimum absolute atomic E-state index is 0.500. The number of para-hydroxylation sites is 2. The van der Waals surface area contributed by atoms with E-state index in [0.717, 1.165) is 22.6 Å². The standard InChI is InChI=1S/C57H44N2/c1-57(2)56-48(54-50(42-26-13-5-14-27-42)36-44(40-22-9-3-10-23-40)38-52(54)58-46-30-17-7-18-31-46)34-21-35-49(56)55-51(43-28-15-6-16-29-43)37-45(41-24-11-4-12-25-41)39-53(55)59(57)47-32-19-8-20-33-47/h3-39,58H,1-2H3. The molecule has 0 aliphatic carbocycles. The molecule has 0 amide bonds. The molecule has 0 saturated heterocycles. The number of benzene rings is 9. The molecule has 0 radical (unpaired) electrons. The summed E-state index contributed by atoms with van der Waals surface area (Å²) in [5, 5.41) is 3.94. The summed E-state index contributed by atoms with van der Waals surface area (Å²) in [6, 6.07) is 81.3. The van der Waals surface area contributed by atoms with Crippen molar-refractivity contribution in [3.05, 3.63) is 230 Å². The summed E-state index contributed by atoms with van der Waals surface area (Å²) in [6.07, 6.45) is 0. The molecule has 1 heterocycles. The van der Waals surface area contributed by atoms with Crippen molar-refractivity contribution in [3.63, 3.8) is 0 Å². The summed E-state index contributed by atoms with van der Waals surface area (Å²) in [5.74, 6) is 0.